The zero-order chi connectivity index (χ0) is 30.7. The van der Waals surface area contributed by atoms with Crippen molar-refractivity contribution in [2.24, 2.45) is 0 Å². The van der Waals surface area contributed by atoms with Gasteiger partial charge in [-0.05, 0) is 41.5 Å². The van der Waals surface area contributed by atoms with Crippen LogP contribution in [0.1, 0.15) is 22.7 Å². The van der Waals surface area contributed by atoms with Crippen molar-refractivity contribution in [3.63, 3.8) is 0 Å². The second-order valence-electron chi connectivity index (χ2n) is 10.1. The number of anilines is 1. The highest BCUT2D eigenvalue weighted by atomic mass is 19.4. The summed E-state index contributed by atoms with van der Waals surface area (Å²) >= 11 is 0. The lowest BCUT2D eigenvalue weighted by Crippen LogP contribution is -2.47. The molecule has 222 valence electrons. The molecule has 0 radical (unpaired) electrons. The van der Waals surface area contributed by atoms with Crippen LogP contribution in [-0.4, -0.2) is 53.9 Å². The number of nitrogens with one attached hydrogen (secondary N) is 2. The number of halogens is 3. The number of alkyl halides is 3. The molecular weight excluding hydrogens is 561 g/mol. The van der Waals surface area contributed by atoms with Crippen LogP contribution in [0.15, 0.2) is 103 Å². The van der Waals surface area contributed by atoms with Crippen molar-refractivity contribution < 1.29 is 32.3 Å². The summed E-state index contributed by atoms with van der Waals surface area (Å²) in [5.41, 5.74) is 0.223. The molecule has 43 heavy (non-hydrogen) atoms. The number of carbonyl (C=O) groups is 3. The Hall–Kier alpha value is -5.06. The van der Waals surface area contributed by atoms with E-state index in [1.54, 1.807) is 36.4 Å². The van der Waals surface area contributed by atoms with Gasteiger partial charge in [-0.15, -0.1) is 6.58 Å². The first-order valence-corrected chi connectivity index (χ1v) is 13.5. The minimum absolute atomic E-state index is 0.0147. The molecule has 5 rings (SSSR count). The molecule has 0 aromatic heterocycles. The van der Waals surface area contributed by atoms with E-state index in [4.69, 9.17) is 4.74 Å². The first-order valence-electron chi connectivity index (χ1n) is 13.5. The first-order chi connectivity index (χ1) is 20.6. The maximum atomic E-state index is 14.2. The predicted octanol–water partition coefficient (Wildman–Crippen LogP) is 5.31. The van der Waals surface area contributed by atoms with E-state index >= 15 is 0 Å². The number of benzene rings is 3. The third kappa shape index (κ3) is 5.97. The highest BCUT2D eigenvalue weighted by molar-refractivity contribution is 6.05. The highest BCUT2D eigenvalue weighted by Gasteiger charge is 2.48. The Balaban J connectivity index is 1.55. The van der Waals surface area contributed by atoms with Gasteiger partial charge in [-0.3, -0.25) is 14.5 Å². The normalized spacial score (nSPS) is 17.3. The molecule has 2 aliphatic heterocycles. The molecule has 2 aliphatic rings. The molecule has 2 atom stereocenters. The summed E-state index contributed by atoms with van der Waals surface area (Å²) in [6.45, 7) is 3.53. The fourth-order valence-electron chi connectivity index (χ4n) is 5.41. The quantitative estimate of drug-likeness (QED) is 0.331. The van der Waals surface area contributed by atoms with Gasteiger partial charge in [0.25, 0.3) is 5.91 Å². The fourth-order valence-corrected chi connectivity index (χ4v) is 5.41. The van der Waals surface area contributed by atoms with E-state index < -0.39 is 41.7 Å². The van der Waals surface area contributed by atoms with Crippen molar-refractivity contribution in [3.05, 3.63) is 119 Å². The van der Waals surface area contributed by atoms with Gasteiger partial charge in [0.2, 0.25) is 5.91 Å². The molecule has 3 aromatic rings. The molecule has 4 amide bonds. The zero-order valence-electron chi connectivity index (χ0n) is 23.2. The second kappa shape index (κ2) is 12.0. The van der Waals surface area contributed by atoms with E-state index in [-0.39, 0.29) is 36.3 Å². The number of hydrogen-bond donors (Lipinski definition) is 2. The average molecular weight is 591 g/mol. The average Bonchev–Trinajstić information content (AvgIpc) is 3.34. The maximum Gasteiger partial charge on any atom is 0.416 e. The van der Waals surface area contributed by atoms with E-state index in [9.17, 15) is 27.6 Å². The number of hydrogen-bond acceptors (Lipinski definition) is 4. The van der Waals surface area contributed by atoms with Crippen molar-refractivity contribution in [1.82, 2.24) is 15.1 Å². The van der Waals surface area contributed by atoms with Crippen LogP contribution >= 0.6 is 0 Å². The third-order valence-corrected chi connectivity index (χ3v) is 7.45. The lowest BCUT2D eigenvalue weighted by molar-refractivity contribution is -0.138. The Bertz CT molecular complexity index is 1570. The smallest absolute Gasteiger partial charge is 0.416 e. The van der Waals surface area contributed by atoms with Crippen LogP contribution in [0.3, 0.4) is 0 Å². The molecule has 3 aromatic carbocycles. The molecule has 2 N–H and O–H groups in total. The summed E-state index contributed by atoms with van der Waals surface area (Å²) < 4.78 is 47.3. The van der Waals surface area contributed by atoms with Crippen molar-refractivity contribution in [1.29, 1.82) is 0 Å². The lowest BCUT2D eigenvalue weighted by atomic mass is 9.91. The van der Waals surface area contributed by atoms with E-state index in [1.165, 1.54) is 41.2 Å². The van der Waals surface area contributed by atoms with Crippen LogP contribution < -0.4 is 15.4 Å². The molecule has 0 saturated heterocycles. The number of ether oxygens (including phenoxy) is 1. The zero-order valence-corrected chi connectivity index (χ0v) is 23.2. The standard InChI is InChI=1S/C32H29F3N4O4/c1-3-17-38-26-19-39(30(41)27(26)28(37-31(38)42)23-11-7-8-12-24(23)32(33,34)35)25(18-20-9-5-4-6-10-20)29(40)36-21-13-15-22(43-2)16-14-21/h3-16,25,28H,1,17-19H2,2H3,(H,36,40)(H,37,42)/t25-,28+/m1/s1. The topological polar surface area (TPSA) is 91.0 Å². The predicted molar refractivity (Wildman–Crippen MR) is 154 cm³/mol. The van der Waals surface area contributed by atoms with Crippen LogP contribution in [0.2, 0.25) is 0 Å². The van der Waals surface area contributed by atoms with Gasteiger partial charge in [0.05, 0.1) is 36.5 Å². The van der Waals surface area contributed by atoms with E-state index in [0.717, 1.165) is 11.6 Å². The van der Waals surface area contributed by atoms with Crippen molar-refractivity contribution >= 4 is 23.5 Å². The van der Waals surface area contributed by atoms with Gasteiger partial charge in [-0.2, -0.15) is 13.2 Å². The molecule has 2 heterocycles. The number of carbonyl (C=O) groups excluding carboxylic acids is 3. The van der Waals surface area contributed by atoms with Gasteiger partial charge in [-0.25, -0.2) is 4.79 Å². The van der Waals surface area contributed by atoms with Crippen LogP contribution in [-0.2, 0) is 22.2 Å². The van der Waals surface area contributed by atoms with Gasteiger partial charge in [0.15, 0.2) is 0 Å². The summed E-state index contributed by atoms with van der Waals surface area (Å²) in [4.78, 5) is 43.8. The van der Waals surface area contributed by atoms with Gasteiger partial charge in [-0.1, -0.05) is 54.6 Å². The van der Waals surface area contributed by atoms with Gasteiger partial charge in [0.1, 0.15) is 11.8 Å². The van der Waals surface area contributed by atoms with Crippen LogP contribution in [0.25, 0.3) is 0 Å². The Morgan fingerprint density at radius 2 is 1.74 bits per heavy atom. The monoisotopic (exact) mass is 590 g/mol. The van der Waals surface area contributed by atoms with Gasteiger partial charge in [0, 0.05) is 18.7 Å². The molecule has 0 spiro atoms. The second-order valence-corrected chi connectivity index (χ2v) is 10.1. The number of urea groups is 1. The molecule has 0 unspecified atom stereocenters. The summed E-state index contributed by atoms with van der Waals surface area (Å²) in [5, 5.41) is 5.43. The summed E-state index contributed by atoms with van der Waals surface area (Å²) in [7, 11) is 1.52. The maximum absolute atomic E-state index is 14.2. The number of rotatable bonds is 9. The summed E-state index contributed by atoms with van der Waals surface area (Å²) in [6.07, 6.45) is -3.14. The largest absolute Gasteiger partial charge is 0.497 e. The van der Waals surface area contributed by atoms with Crippen LogP contribution in [0.5, 0.6) is 5.75 Å². The molecule has 11 heteroatoms. The third-order valence-electron chi connectivity index (χ3n) is 7.45. The minimum Gasteiger partial charge on any atom is -0.497 e. The first kappa shape index (κ1) is 29.4. The van der Waals surface area contributed by atoms with Crippen molar-refractivity contribution in [2.75, 3.05) is 25.5 Å². The van der Waals surface area contributed by atoms with Crippen molar-refractivity contribution in [2.45, 2.75) is 24.7 Å². The number of amides is 4. The Morgan fingerprint density at radius 3 is 2.40 bits per heavy atom. The van der Waals surface area contributed by atoms with E-state index in [2.05, 4.69) is 17.2 Å². The molecule has 0 aliphatic carbocycles. The van der Waals surface area contributed by atoms with Crippen LogP contribution in [0.4, 0.5) is 23.7 Å². The Labute approximate surface area is 246 Å². The molecule has 0 saturated carbocycles. The van der Waals surface area contributed by atoms with E-state index in [1.807, 2.05) is 18.2 Å². The minimum atomic E-state index is -4.73. The Kier molecular flexibility index (Phi) is 8.24. The van der Waals surface area contributed by atoms with Crippen LogP contribution in [0, 0.1) is 0 Å². The van der Waals surface area contributed by atoms with E-state index in [0.29, 0.717) is 11.4 Å². The van der Waals surface area contributed by atoms with Gasteiger partial charge >= 0.3 is 12.2 Å². The molecule has 0 fully saturated rings. The SMILES string of the molecule is C=CCN1C(=O)N[C@@H](c2ccccc2C(F)(F)F)C2=C1CN([C@H](Cc1ccccc1)C(=O)Nc1ccc(OC)cc1)C2=O. The number of methoxy groups -OCH3 is 1. The highest BCUT2D eigenvalue weighted by Crippen LogP contribution is 2.42. The summed E-state index contributed by atoms with van der Waals surface area (Å²) in [5.74, 6) is -0.545. The lowest BCUT2D eigenvalue weighted by Gasteiger charge is -2.33. The molecule has 0 bridgehead atoms. The number of nitrogens with zero attached hydrogens (tertiary/aromatic N) is 2. The van der Waals surface area contributed by atoms with Crippen molar-refractivity contribution in [3.8, 4) is 5.75 Å². The fraction of sp³-hybridized carbons (Fsp3) is 0.219. The molecular formula is C32H29F3N4O4. The summed E-state index contributed by atoms with van der Waals surface area (Å²) in [6, 6.07) is 17.5. The Morgan fingerprint density at radius 1 is 1.07 bits per heavy atom. The molecule has 8 nitrogen and oxygen atoms in total. The van der Waals surface area contributed by atoms with Gasteiger partial charge < -0.3 is 20.3 Å².